The molecule has 0 N–H and O–H groups in total. The molecule has 0 amide bonds. The highest BCUT2D eigenvalue weighted by Crippen LogP contribution is 2.44. The van der Waals surface area contributed by atoms with Crippen LogP contribution in [0.5, 0.6) is 0 Å². The summed E-state index contributed by atoms with van der Waals surface area (Å²) in [5, 5.41) is 9.01. The van der Waals surface area contributed by atoms with Crippen molar-refractivity contribution in [2.45, 2.75) is 0 Å². The van der Waals surface area contributed by atoms with Gasteiger partial charge in [-0.25, -0.2) is 15.0 Å². The van der Waals surface area contributed by atoms with Crippen molar-refractivity contribution in [2.75, 3.05) is 0 Å². The number of hydrogen-bond donors (Lipinski definition) is 0. The first-order valence-corrected chi connectivity index (χ1v) is 19.5. The van der Waals surface area contributed by atoms with Gasteiger partial charge in [0.25, 0.3) is 0 Å². The molecule has 0 unspecified atom stereocenters. The van der Waals surface area contributed by atoms with Gasteiger partial charge in [0.2, 0.25) is 0 Å². The van der Waals surface area contributed by atoms with Crippen molar-refractivity contribution >= 4 is 65.3 Å². The molecule has 0 spiro atoms. The van der Waals surface area contributed by atoms with E-state index >= 15 is 0 Å². The summed E-state index contributed by atoms with van der Waals surface area (Å²) in [5.74, 6) is 1.80. The molecule has 5 nitrogen and oxygen atoms in total. The molecule has 0 aliphatic rings. The Labute approximate surface area is 333 Å². The van der Waals surface area contributed by atoms with Crippen LogP contribution in [0.25, 0.3) is 116 Å². The molecule has 0 bridgehead atoms. The molecule has 5 heteroatoms. The minimum absolute atomic E-state index is 0.575. The van der Waals surface area contributed by atoms with Crippen LogP contribution in [0, 0.1) is 0 Å². The minimum atomic E-state index is 0.575. The molecule has 0 fully saturated rings. The third-order valence-electron chi connectivity index (χ3n) is 11.4. The second kappa shape index (κ2) is 12.8. The second-order valence-corrected chi connectivity index (χ2v) is 14.7. The average Bonchev–Trinajstić information content (AvgIpc) is 3.84. The highest BCUT2D eigenvalue weighted by atomic mass is 16.3. The number of furan rings is 1. The summed E-state index contributed by atoms with van der Waals surface area (Å²) in [6.45, 7) is 0. The largest absolute Gasteiger partial charge is 0.456 e. The number of para-hydroxylation sites is 2. The van der Waals surface area contributed by atoms with Gasteiger partial charge in [-0.2, -0.15) is 0 Å². The van der Waals surface area contributed by atoms with Crippen LogP contribution < -0.4 is 0 Å². The van der Waals surface area contributed by atoms with Crippen LogP contribution in [0.15, 0.2) is 199 Å². The lowest BCUT2D eigenvalue weighted by atomic mass is 9.95. The summed E-state index contributed by atoms with van der Waals surface area (Å²) in [6, 6.07) is 68.0. The van der Waals surface area contributed by atoms with E-state index in [1.54, 1.807) is 0 Å². The van der Waals surface area contributed by atoms with Gasteiger partial charge in [-0.15, -0.1) is 0 Å². The van der Waals surface area contributed by atoms with E-state index in [2.05, 4.69) is 168 Å². The Morgan fingerprint density at radius 3 is 1.76 bits per heavy atom. The molecular weight excluding hydrogens is 709 g/mol. The summed E-state index contributed by atoms with van der Waals surface area (Å²) in [4.78, 5) is 15.8. The SMILES string of the molecule is c1ccc(-c2nc(-c3cccc4ccccc34)nc(-c3cc(-n4c5ccccc5c5c6ccccc6c(-c6ccccc6)cc54)cc4oc5ccccc5c34)n2)cc1. The lowest BCUT2D eigenvalue weighted by Gasteiger charge is -2.14. The molecule has 0 atom stereocenters. The van der Waals surface area contributed by atoms with Gasteiger partial charge in [0, 0.05) is 44.3 Å². The first-order chi connectivity index (χ1) is 28.8. The van der Waals surface area contributed by atoms with Crippen LogP contribution >= 0.6 is 0 Å². The molecule has 3 heterocycles. The van der Waals surface area contributed by atoms with Crippen molar-refractivity contribution in [3.63, 3.8) is 0 Å². The molecule has 0 aliphatic carbocycles. The third kappa shape index (κ3) is 5.00. The molecule has 0 aliphatic heterocycles. The maximum atomic E-state index is 6.74. The van der Waals surface area contributed by atoms with E-state index in [1.807, 2.05) is 30.3 Å². The zero-order chi connectivity index (χ0) is 38.2. The van der Waals surface area contributed by atoms with E-state index in [9.17, 15) is 0 Å². The van der Waals surface area contributed by atoms with E-state index in [4.69, 9.17) is 19.4 Å². The Morgan fingerprint density at radius 2 is 0.948 bits per heavy atom. The topological polar surface area (TPSA) is 56.7 Å². The van der Waals surface area contributed by atoms with Crippen molar-refractivity contribution in [2.24, 2.45) is 0 Å². The van der Waals surface area contributed by atoms with Crippen LogP contribution in [0.4, 0.5) is 0 Å². The fraction of sp³-hybridized carbons (Fsp3) is 0. The van der Waals surface area contributed by atoms with E-state index in [0.717, 1.165) is 66.1 Å². The van der Waals surface area contributed by atoms with Crippen LogP contribution in [-0.2, 0) is 0 Å². The summed E-state index contributed by atoms with van der Waals surface area (Å²) in [7, 11) is 0. The highest BCUT2D eigenvalue weighted by molar-refractivity contribution is 6.24. The monoisotopic (exact) mass is 740 g/mol. The number of fused-ring (bicyclic) bond motifs is 9. The summed E-state index contributed by atoms with van der Waals surface area (Å²) >= 11 is 0. The number of benzene rings is 9. The first kappa shape index (κ1) is 32.4. The smallest absolute Gasteiger partial charge is 0.164 e. The zero-order valence-electron chi connectivity index (χ0n) is 31.2. The third-order valence-corrected chi connectivity index (χ3v) is 11.4. The van der Waals surface area contributed by atoms with Crippen molar-refractivity contribution in [1.82, 2.24) is 19.5 Å². The maximum Gasteiger partial charge on any atom is 0.164 e. The molecular formula is C53H32N4O. The van der Waals surface area contributed by atoms with Gasteiger partial charge in [-0.05, 0) is 56.9 Å². The molecule has 12 aromatic rings. The molecule has 58 heavy (non-hydrogen) atoms. The Hall–Kier alpha value is -7.89. The fourth-order valence-electron chi connectivity index (χ4n) is 8.86. The molecule has 270 valence electrons. The number of nitrogens with zero attached hydrogens (tertiary/aromatic N) is 4. The minimum Gasteiger partial charge on any atom is -0.456 e. The lowest BCUT2D eigenvalue weighted by molar-refractivity contribution is 0.668. The average molecular weight is 741 g/mol. The molecule has 0 saturated heterocycles. The van der Waals surface area contributed by atoms with Crippen molar-refractivity contribution in [3.05, 3.63) is 194 Å². The number of aromatic nitrogens is 4. The zero-order valence-corrected chi connectivity index (χ0v) is 31.2. The van der Waals surface area contributed by atoms with Gasteiger partial charge >= 0.3 is 0 Å². The lowest BCUT2D eigenvalue weighted by Crippen LogP contribution is -2.02. The maximum absolute atomic E-state index is 6.74. The molecule has 0 saturated carbocycles. The fourth-order valence-corrected chi connectivity index (χ4v) is 8.86. The van der Waals surface area contributed by atoms with Gasteiger partial charge in [-0.1, -0.05) is 164 Å². The Morgan fingerprint density at radius 1 is 0.345 bits per heavy atom. The van der Waals surface area contributed by atoms with Crippen molar-refractivity contribution in [3.8, 4) is 51.0 Å². The van der Waals surface area contributed by atoms with Gasteiger partial charge < -0.3 is 8.98 Å². The molecule has 12 rings (SSSR count). The Kier molecular flexibility index (Phi) is 7.16. The number of hydrogen-bond acceptors (Lipinski definition) is 4. The van der Waals surface area contributed by atoms with Gasteiger partial charge in [0.05, 0.1) is 16.7 Å². The Balaban J connectivity index is 1.20. The van der Waals surface area contributed by atoms with Gasteiger partial charge in [-0.3, -0.25) is 0 Å². The standard InChI is InChI=1S/C53H32N4O/c1-3-16-34(17-4-1)43-32-46-49(39-24-10-9-23-38(39)43)41-25-11-13-28-45(41)57(46)36-30-44(50-42-26-12-14-29-47(42)58-48(50)31-36)53-55-51(35-19-5-2-6-20-35)54-52(56-53)40-27-15-21-33-18-7-8-22-37(33)40/h1-32H. The number of rotatable bonds is 5. The van der Waals surface area contributed by atoms with Gasteiger partial charge in [0.15, 0.2) is 17.5 Å². The molecule has 3 aromatic heterocycles. The van der Waals surface area contributed by atoms with Gasteiger partial charge in [0.1, 0.15) is 11.2 Å². The summed E-state index contributed by atoms with van der Waals surface area (Å²) in [5.41, 5.74) is 9.82. The van der Waals surface area contributed by atoms with Crippen molar-refractivity contribution < 1.29 is 4.42 Å². The van der Waals surface area contributed by atoms with Crippen molar-refractivity contribution in [1.29, 1.82) is 0 Å². The van der Waals surface area contributed by atoms with Crippen LogP contribution in [0.3, 0.4) is 0 Å². The van der Waals surface area contributed by atoms with Crippen LogP contribution in [0.1, 0.15) is 0 Å². The van der Waals surface area contributed by atoms with Crippen LogP contribution in [0.2, 0.25) is 0 Å². The summed E-state index contributed by atoms with van der Waals surface area (Å²) < 4.78 is 9.12. The predicted molar refractivity (Wildman–Crippen MR) is 238 cm³/mol. The van der Waals surface area contributed by atoms with Crippen LogP contribution in [-0.4, -0.2) is 19.5 Å². The molecule has 9 aromatic carbocycles. The normalized spacial score (nSPS) is 11.8. The summed E-state index contributed by atoms with van der Waals surface area (Å²) in [6.07, 6.45) is 0. The Bertz CT molecular complexity index is 3560. The highest BCUT2D eigenvalue weighted by Gasteiger charge is 2.23. The first-order valence-electron chi connectivity index (χ1n) is 19.5. The van der Waals surface area contributed by atoms with E-state index in [0.29, 0.717) is 17.5 Å². The predicted octanol–water partition coefficient (Wildman–Crippen LogP) is 13.8. The quantitative estimate of drug-likeness (QED) is 0.176. The molecule has 0 radical (unpaired) electrons. The van der Waals surface area contributed by atoms with E-state index in [-0.39, 0.29) is 0 Å². The second-order valence-electron chi connectivity index (χ2n) is 14.7. The van der Waals surface area contributed by atoms with E-state index < -0.39 is 0 Å². The van der Waals surface area contributed by atoms with E-state index in [1.165, 1.54) is 32.7 Å².